The van der Waals surface area contributed by atoms with Gasteiger partial charge >= 0.3 is 6.16 Å². The molecular weight excluding hydrogens is 232 g/mol. The Labute approximate surface area is 110 Å². The SMILES string of the molecule is CCCCCCCOC(=O)OCC1CCC(C)O1. The molecule has 0 aromatic carbocycles. The van der Waals surface area contributed by atoms with Crippen molar-refractivity contribution < 1.29 is 19.0 Å². The minimum absolute atomic E-state index is 0.0529. The van der Waals surface area contributed by atoms with Gasteiger partial charge in [-0.3, -0.25) is 0 Å². The van der Waals surface area contributed by atoms with Gasteiger partial charge in [-0.1, -0.05) is 32.6 Å². The highest BCUT2D eigenvalue weighted by Gasteiger charge is 2.23. The van der Waals surface area contributed by atoms with Crippen molar-refractivity contribution in [2.75, 3.05) is 13.2 Å². The van der Waals surface area contributed by atoms with Crippen molar-refractivity contribution in [3.05, 3.63) is 0 Å². The van der Waals surface area contributed by atoms with Gasteiger partial charge in [-0.05, 0) is 26.2 Å². The molecule has 4 nitrogen and oxygen atoms in total. The minimum Gasteiger partial charge on any atom is -0.434 e. The van der Waals surface area contributed by atoms with Crippen molar-refractivity contribution in [2.24, 2.45) is 0 Å². The fourth-order valence-corrected chi connectivity index (χ4v) is 2.07. The third-order valence-corrected chi connectivity index (χ3v) is 3.17. The van der Waals surface area contributed by atoms with Crippen molar-refractivity contribution in [1.29, 1.82) is 0 Å². The second-order valence-electron chi connectivity index (χ2n) is 4.97. The first kappa shape index (κ1) is 15.3. The molecule has 1 saturated heterocycles. The molecule has 1 rings (SSSR count). The third kappa shape index (κ3) is 6.84. The van der Waals surface area contributed by atoms with E-state index in [-0.39, 0.29) is 12.2 Å². The lowest BCUT2D eigenvalue weighted by Gasteiger charge is -2.11. The van der Waals surface area contributed by atoms with Crippen LogP contribution in [0.5, 0.6) is 0 Å². The Bertz CT molecular complexity index is 230. The van der Waals surface area contributed by atoms with Crippen LogP contribution in [-0.2, 0) is 14.2 Å². The van der Waals surface area contributed by atoms with Gasteiger partial charge in [-0.15, -0.1) is 0 Å². The van der Waals surface area contributed by atoms with Gasteiger partial charge in [0.2, 0.25) is 0 Å². The summed E-state index contributed by atoms with van der Waals surface area (Å²) in [4.78, 5) is 11.3. The van der Waals surface area contributed by atoms with E-state index in [4.69, 9.17) is 14.2 Å². The molecule has 1 heterocycles. The van der Waals surface area contributed by atoms with Gasteiger partial charge in [-0.2, -0.15) is 0 Å². The van der Waals surface area contributed by atoms with E-state index in [1.807, 2.05) is 6.92 Å². The molecule has 0 radical (unpaired) electrons. The van der Waals surface area contributed by atoms with E-state index in [0.717, 1.165) is 25.7 Å². The van der Waals surface area contributed by atoms with Gasteiger partial charge in [0.15, 0.2) is 0 Å². The fourth-order valence-electron chi connectivity index (χ4n) is 2.07. The summed E-state index contributed by atoms with van der Waals surface area (Å²) in [5, 5.41) is 0. The standard InChI is InChI=1S/C14H26O4/c1-3-4-5-6-7-10-16-14(15)17-11-13-9-8-12(2)18-13/h12-13H,3-11H2,1-2H3. The Kier molecular flexibility index (Phi) is 7.81. The average molecular weight is 258 g/mol. The second-order valence-corrected chi connectivity index (χ2v) is 4.97. The van der Waals surface area contributed by atoms with E-state index in [0.29, 0.717) is 13.2 Å². The predicted molar refractivity (Wildman–Crippen MR) is 69.6 cm³/mol. The average Bonchev–Trinajstić information content (AvgIpc) is 2.77. The Hall–Kier alpha value is -0.770. The van der Waals surface area contributed by atoms with Crippen LogP contribution in [0.3, 0.4) is 0 Å². The summed E-state index contributed by atoms with van der Waals surface area (Å²) in [6.07, 6.45) is 7.51. The van der Waals surface area contributed by atoms with Crippen LogP contribution in [0.25, 0.3) is 0 Å². The van der Waals surface area contributed by atoms with E-state index in [9.17, 15) is 4.79 Å². The number of unbranched alkanes of at least 4 members (excludes halogenated alkanes) is 4. The van der Waals surface area contributed by atoms with Crippen molar-refractivity contribution in [1.82, 2.24) is 0 Å². The molecule has 0 amide bonds. The van der Waals surface area contributed by atoms with Crippen molar-refractivity contribution in [3.63, 3.8) is 0 Å². The van der Waals surface area contributed by atoms with Crippen LogP contribution in [0.4, 0.5) is 4.79 Å². The number of rotatable bonds is 8. The number of carbonyl (C=O) groups excluding carboxylic acids is 1. The molecule has 106 valence electrons. The third-order valence-electron chi connectivity index (χ3n) is 3.17. The molecule has 0 aliphatic carbocycles. The molecule has 18 heavy (non-hydrogen) atoms. The van der Waals surface area contributed by atoms with Crippen molar-refractivity contribution in [2.45, 2.75) is 71.0 Å². The molecule has 1 fully saturated rings. The summed E-state index contributed by atoms with van der Waals surface area (Å²) in [7, 11) is 0. The van der Waals surface area contributed by atoms with Crippen molar-refractivity contribution >= 4 is 6.16 Å². The van der Waals surface area contributed by atoms with Gasteiger partial charge in [0.05, 0.1) is 18.8 Å². The highest BCUT2D eigenvalue weighted by molar-refractivity contribution is 5.59. The van der Waals surface area contributed by atoms with Crippen LogP contribution in [0.15, 0.2) is 0 Å². The molecule has 0 spiro atoms. The summed E-state index contributed by atoms with van der Waals surface area (Å²) in [5.74, 6) is 0. The summed E-state index contributed by atoms with van der Waals surface area (Å²) in [6, 6.07) is 0. The summed E-state index contributed by atoms with van der Waals surface area (Å²) < 4.78 is 15.6. The highest BCUT2D eigenvalue weighted by atomic mass is 16.7. The molecule has 1 aliphatic rings. The summed E-state index contributed by atoms with van der Waals surface area (Å²) >= 11 is 0. The van der Waals surface area contributed by atoms with Gasteiger partial charge in [0.25, 0.3) is 0 Å². The Balaban J connectivity index is 1.91. The summed E-state index contributed by atoms with van der Waals surface area (Å²) in [6.45, 7) is 5.00. The Morgan fingerprint density at radius 2 is 1.94 bits per heavy atom. The van der Waals surface area contributed by atoms with Crippen LogP contribution in [0, 0.1) is 0 Å². The van der Waals surface area contributed by atoms with Gasteiger partial charge in [0, 0.05) is 0 Å². The molecule has 0 saturated carbocycles. The normalized spacial score (nSPS) is 23.0. The van der Waals surface area contributed by atoms with E-state index in [1.165, 1.54) is 19.3 Å². The monoisotopic (exact) mass is 258 g/mol. The molecular formula is C14H26O4. The lowest BCUT2D eigenvalue weighted by molar-refractivity contribution is -0.0109. The number of hydrogen-bond donors (Lipinski definition) is 0. The Morgan fingerprint density at radius 1 is 1.17 bits per heavy atom. The van der Waals surface area contributed by atoms with Crippen LogP contribution < -0.4 is 0 Å². The molecule has 4 heteroatoms. The second kappa shape index (κ2) is 9.20. The number of hydrogen-bond acceptors (Lipinski definition) is 4. The molecule has 0 aromatic rings. The topological polar surface area (TPSA) is 44.8 Å². The van der Waals surface area contributed by atoms with Crippen LogP contribution in [-0.4, -0.2) is 31.6 Å². The van der Waals surface area contributed by atoms with E-state index in [1.54, 1.807) is 0 Å². The Morgan fingerprint density at radius 3 is 2.61 bits per heavy atom. The maximum atomic E-state index is 11.3. The first-order valence-corrected chi connectivity index (χ1v) is 7.17. The van der Waals surface area contributed by atoms with Gasteiger partial charge < -0.3 is 14.2 Å². The largest absolute Gasteiger partial charge is 0.508 e. The van der Waals surface area contributed by atoms with Gasteiger partial charge in [-0.25, -0.2) is 4.79 Å². The van der Waals surface area contributed by atoms with Crippen molar-refractivity contribution in [3.8, 4) is 0 Å². The smallest absolute Gasteiger partial charge is 0.434 e. The fraction of sp³-hybridized carbons (Fsp3) is 0.929. The first-order chi connectivity index (χ1) is 8.72. The van der Waals surface area contributed by atoms with Crippen LogP contribution in [0.2, 0.25) is 0 Å². The zero-order chi connectivity index (χ0) is 13.2. The highest BCUT2D eigenvalue weighted by Crippen LogP contribution is 2.19. The van der Waals surface area contributed by atoms with E-state index >= 15 is 0 Å². The zero-order valence-corrected chi connectivity index (χ0v) is 11.7. The summed E-state index contributed by atoms with van der Waals surface area (Å²) in [5.41, 5.74) is 0. The van der Waals surface area contributed by atoms with Crippen LogP contribution in [0.1, 0.15) is 58.8 Å². The number of carbonyl (C=O) groups is 1. The van der Waals surface area contributed by atoms with E-state index in [2.05, 4.69) is 6.92 Å². The molecule has 0 aromatic heterocycles. The predicted octanol–water partition coefficient (Wildman–Crippen LogP) is 3.68. The van der Waals surface area contributed by atoms with E-state index < -0.39 is 6.16 Å². The van der Waals surface area contributed by atoms with Gasteiger partial charge in [0.1, 0.15) is 6.61 Å². The lowest BCUT2D eigenvalue weighted by Crippen LogP contribution is -2.19. The molecule has 0 N–H and O–H groups in total. The maximum absolute atomic E-state index is 11.3. The minimum atomic E-state index is -0.561. The number of ether oxygens (including phenoxy) is 3. The maximum Gasteiger partial charge on any atom is 0.508 e. The zero-order valence-electron chi connectivity index (χ0n) is 11.7. The van der Waals surface area contributed by atoms with Crippen LogP contribution >= 0.6 is 0 Å². The lowest BCUT2D eigenvalue weighted by atomic mass is 10.2. The quantitative estimate of drug-likeness (QED) is 0.492. The molecule has 2 unspecified atom stereocenters. The molecule has 0 bridgehead atoms. The first-order valence-electron chi connectivity index (χ1n) is 7.17. The molecule has 2 atom stereocenters. The molecule has 1 aliphatic heterocycles.